The maximum absolute atomic E-state index is 12.2. The molecular formula is C14H22N2O2. The quantitative estimate of drug-likeness (QED) is 0.890. The fraction of sp³-hybridized carbons (Fsp3) is 0.643. The van der Waals surface area contributed by atoms with Crippen LogP contribution in [0.15, 0.2) is 12.1 Å². The van der Waals surface area contributed by atoms with Crippen LogP contribution in [0.2, 0.25) is 0 Å². The zero-order valence-electron chi connectivity index (χ0n) is 11.2. The molecule has 0 saturated carbocycles. The largest absolute Gasteiger partial charge is 0.376 e. The van der Waals surface area contributed by atoms with Gasteiger partial charge in [-0.2, -0.15) is 0 Å². The van der Waals surface area contributed by atoms with Gasteiger partial charge in [-0.1, -0.05) is 6.92 Å². The normalized spacial score (nSPS) is 19.8. The molecule has 1 atom stereocenters. The van der Waals surface area contributed by atoms with E-state index in [9.17, 15) is 4.79 Å². The third-order valence-corrected chi connectivity index (χ3v) is 3.46. The fourth-order valence-electron chi connectivity index (χ4n) is 2.32. The van der Waals surface area contributed by atoms with E-state index in [1.54, 1.807) is 4.90 Å². The molecule has 1 aromatic heterocycles. The Morgan fingerprint density at radius 1 is 1.50 bits per heavy atom. The lowest BCUT2D eigenvalue weighted by Crippen LogP contribution is -2.37. The summed E-state index contributed by atoms with van der Waals surface area (Å²) in [5.41, 5.74) is 1.77. The summed E-state index contributed by atoms with van der Waals surface area (Å²) in [6.45, 7) is 3.58. The molecule has 1 saturated heterocycles. The molecule has 0 bridgehead atoms. The second-order valence-corrected chi connectivity index (χ2v) is 4.93. The van der Waals surface area contributed by atoms with Crippen molar-refractivity contribution in [2.75, 3.05) is 20.2 Å². The number of carbonyl (C=O) groups is 1. The van der Waals surface area contributed by atoms with E-state index in [-0.39, 0.29) is 12.0 Å². The van der Waals surface area contributed by atoms with Crippen LogP contribution in [0.25, 0.3) is 0 Å². The van der Waals surface area contributed by atoms with Gasteiger partial charge in [-0.25, -0.2) is 0 Å². The molecule has 1 amide bonds. The molecule has 1 unspecified atom stereocenters. The number of aromatic amines is 1. The first kappa shape index (κ1) is 13.1. The van der Waals surface area contributed by atoms with Gasteiger partial charge in [-0.3, -0.25) is 4.79 Å². The molecule has 1 aliphatic heterocycles. The van der Waals surface area contributed by atoms with Gasteiger partial charge in [0.2, 0.25) is 0 Å². The molecule has 2 rings (SSSR count). The topological polar surface area (TPSA) is 45.3 Å². The summed E-state index contributed by atoms with van der Waals surface area (Å²) < 4.78 is 5.66. The second kappa shape index (κ2) is 6.05. The number of carbonyl (C=O) groups excluding carboxylic acids is 1. The Labute approximate surface area is 108 Å². The molecule has 4 heteroatoms. The van der Waals surface area contributed by atoms with Gasteiger partial charge in [0.05, 0.1) is 6.10 Å². The van der Waals surface area contributed by atoms with Crippen LogP contribution >= 0.6 is 0 Å². The molecule has 18 heavy (non-hydrogen) atoms. The summed E-state index contributed by atoms with van der Waals surface area (Å²) in [6.07, 6.45) is 4.53. The molecule has 100 valence electrons. The number of rotatable bonds is 4. The van der Waals surface area contributed by atoms with Gasteiger partial charge < -0.3 is 14.6 Å². The highest BCUT2D eigenvalue weighted by molar-refractivity contribution is 5.92. The summed E-state index contributed by atoms with van der Waals surface area (Å²) in [7, 11) is 1.84. The predicted molar refractivity (Wildman–Crippen MR) is 70.7 cm³/mol. The molecule has 1 fully saturated rings. The van der Waals surface area contributed by atoms with Crippen LogP contribution in [0, 0.1) is 0 Å². The summed E-state index contributed by atoms with van der Waals surface area (Å²) >= 11 is 0. The molecule has 4 nitrogen and oxygen atoms in total. The van der Waals surface area contributed by atoms with Crippen molar-refractivity contribution in [3.63, 3.8) is 0 Å². The zero-order chi connectivity index (χ0) is 13.0. The maximum Gasteiger partial charge on any atom is 0.270 e. The monoisotopic (exact) mass is 250 g/mol. The van der Waals surface area contributed by atoms with Crippen molar-refractivity contribution in [1.82, 2.24) is 9.88 Å². The molecule has 0 aromatic carbocycles. The molecule has 1 N–H and O–H groups in total. The van der Waals surface area contributed by atoms with Crippen molar-refractivity contribution in [2.45, 2.75) is 38.7 Å². The van der Waals surface area contributed by atoms with Gasteiger partial charge in [-0.05, 0) is 37.8 Å². The number of nitrogens with one attached hydrogen (secondary N) is 1. The van der Waals surface area contributed by atoms with Crippen molar-refractivity contribution in [2.24, 2.45) is 0 Å². The van der Waals surface area contributed by atoms with E-state index in [1.807, 2.05) is 19.2 Å². The van der Waals surface area contributed by atoms with Crippen molar-refractivity contribution >= 4 is 5.91 Å². The lowest BCUT2D eigenvalue weighted by atomic mass is 10.1. The van der Waals surface area contributed by atoms with E-state index >= 15 is 0 Å². The average Bonchev–Trinajstić information content (AvgIpc) is 2.87. The number of hydrogen-bond acceptors (Lipinski definition) is 2. The van der Waals surface area contributed by atoms with E-state index in [1.165, 1.54) is 6.42 Å². The first-order chi connectivity index (χ1) is 8.70. The lowest BCUT2D eigenvalue weighted by molar-refractivity contribution is -0.000280. The van der Waals surface area contributed by atoms with E-state index in [4.69, 9.17) is 4.74 Å². The van der Waals surface area contributed by atoms with Crippen LogP contribution in [0.4, 0.5) is 0 Å². The van der Waals surface area contributed by atoms with Crippen LogP contribution in [0.5, 0.6) is 0 Å². The number of likely N-dealkylation sites (N-methyl/N-ethyl adjacent to an activating group) is 1. The van der Waals surface area contributed by atoms with Crippen molar-refractivity contribution in [3.8, 4) is 0 Å². The van der Waals surface area contributed by atoms with Crippen LogP contribution in [0.3, 0.4) is 0 Å². The first-order valence-electron chi connectivity index (χ1n) is 6.75. The lowest BCUT2D eigenvalue weighted by Gasteiger charge is -2.27. The van der Waals surface area contributed by atoms with Gasteiger partial charge in [0.25, 0.3) is 5.91 Å². The van der Waals surface area contributed by atoms with E-state index in [0.29, 0.717) is 12.2 Å². The Hall–Kier alpha value is -1.29. The summed E-state index contributed by atoms with van der Waals surface area (Å²) in [5, 5.41) is 0. The highest BCUT2D eigenvalue weighted by Gasteiger charge is 2.20. The Bertz CT molecular complexity index is 394. The predicted octanol–water partition coefficient (Wildman–Crippen LogP) is 2.22. The highest BCUT2D eigenvalue weighted by atomic mass is 16.5. The van der Waals surface area contributed by atoms with Gasteiger partial charge in [0, 0.05) is 25.9 Å². The minimum Gasteiger partial charge on any atom is -0.376 e. The number of ether oxygens (including phenoxy) is 1. The maximum atomic E-state index is 12.2. The zero-order valence-corrected chi connectivity index (χ0v) is 11.2. The molecule has 1 aliphatic rings. The molecule has 2 heterocycles. The number of amides is 1. The molecule has 0 aliphatic carbocycles. The van der Waals surface area contributed by atoms with Crippen molar-refractivity contribution in [3.05, 3.63) is 23.5 Å². The van der Waals surface area contributed by atoms with E-state index < -0.39 is 0 Å². The number of hydrogen-bond donors (Lipinski definition) is 1. The number of H-pyrrole nitrogens is 1. The molecule has 0 radical (unpaired) electrons. The Kier molecular flexibility index (Phi) is 4.42. The molecule has 1 aromatic rings. The van der Waals surface area contributed by atoms with E-state index in [2.05, 4.69) is 11.9 Å². The first-order valence-corrected chi connectivity index (χ1v) is 6.75. The third kappa shape index (κ3) is 3.13. The van der Waals surface area contributed by atoms with Crippen LogP contribution in [-0.2, 0) is 11.2 Å². The van der Waals surface area contributed by atoms with Crippen LogP contribution in [-0.4, -0.2) is 42.1 Å². The molecule has 0 spiro atoms. The number of aryl methyl sites for hydroxylation is 1. The smallest absolute Gasteiger partial charge is 0.270 e. The minimum absolute atomic E-state index is 0.0453. The summed E-state index contributed by atoms with van der Waals surface area (Å²) in [4.78, 5) is 17.1. The van der Waals surface area contributed by atoms with Gasteiger partial charge >= 0.3 is 0 Å². The van der Waals surface area contributed by atoms with Crippen molar-refractivity contribution < 1.29 is 9.53 Å². The number of nitrogens with zero attached hydrogens (tertiary/aromatic N) is 1. The van der Waals surface area contributed by atoms with Crippen LogP contribution < -0.4 is 0 Å². The second-order valence-electron chi connectivity index (χ2n) is 4.93. The highest BCUT2D eigenvalue weighted by Crippen LogP contribution is 2.14. The SMILES string of the molecule is CCc1ccc(C(=O)N(C)CC2CCCCO2)[nH]1. The minimum atomic E-state index is 0.0453. The standard InChI is InChI=1S/C14H22N2O2/c1-3-11-7-8-13(15-11)14(17)16(2)10-12-6-4-5-9-18-12/h7-8,12,15H,3-6,9-10H2,1-2H3. The number of aromatic nitrogens is 1. The van der Waals surface area contributed by atoms with E-state index in [0.717, 1.165) is 31.6 Å². The molecular weight excluding hydrogens is 228 g/mol. The van der Waals surface area contributed by atoms with Gasteiger partial charge in [0.1, 0.15) is 5.69 Å². The Balaban J connectivity index is 1.91. The van der Waals surface area contributed by atoms with Crippen LogP contribution in [0.1, 0.15) is 42.4 Å². The Morgan fingerprint density at radius 3 is 2.94 bits per heavy atom. The third-order valence-electron chi connectivity index (χ3n) is 3.46. The van der Waals surface area contributed by atoms with Gasteiger partial charge in [0.15, 0.2) is 0 Å². The van der Waals surface area contributed by atoms with Crippen molar-refractivity contribution in [1.29, 1.82) is 0 Å². The average molecular weight is 250 g/mol. The summed E-state index contributed by atoms with van der Waals surface area (Å²) in [5.74, 6) is 0.0453. The fourth-order valence-corrected chi connectivity index (χ4v) is 2.32. The summed E-state index contributed by atoms with van der Waals surface area (Å²) in [6, 6.07) is 3.83. The Morgan fingerprint density at radius 2 is 2.33 bits per heavy atom. The van der Waals surface area contributed by atoms with Gasteiger partial charge in [-0.15, -0.1) is 0 Å².